The number of ether oxygens (including phenoxy) is 3. The van der Waals surface area contributed by atoms with Crippen molar-refractivity contribution < 1.29 is 32.6 Å². The third-order valence-corrected chi connectivity index (χ3v) is 3.70. The quantitative estimate of drug-likeness (QED) is 0.518. The largest absolute Gasteiger partial charge is 0.490 e. The summed E-state index contributed by atoms with van der Waals surface area (Å²) in [6.07, 6.45) is 0. The highest BCUT2D eigenvalue weighted by Gasteiger charge is 2.18. The summed E-state index contributed by atoms with van der Waals surface area (Å²) in [5.41, 5.74) is 0.0203. The molecule has 0 aliphatic heterocycles. The van der Waals surface area contributed by atoms with Crippen LogP contribution in [0.3, 0.4) is 0 Å². The first kappa shape index (κ1) is 21.4. The van der Waals surface area contributed by atoms with Gasteiger partial charge in [-0.15, -0.1) is 0 Å². The molecule has 0 aromatic heterocycles. The molecule has 0 heterocycles. The number of rotatable bonds is 8. The number of anilines is 1. The van der Waals surface area contributed by atoms with Gasteiger partial charge in [-0.1, -0.05) is 11.6 Å². The molecular formula is C19H18ClF2NO5. The van der Waals surface area contributed by atoms with Crippen molar-refractivity contribution in [3.8, 4) is 11.5 Å². The number of amides is 1. The molecule has 0 saturated heterocycles. The Morgan fingerprint density at radius 2 is 1.64 bits per heavy atom. The Morgan fingerprint density at radius 1 is 1.00 bits per heavy atom. The third-order valence-electron chi connectivity index (χ3n) is 3.39. The number of esters is 1. The van der Waals surface area contributed by atoms with Crippen LogP contribution in [0.15, 0.2) is 30.3 Å². The smallest absolute Gasteiger partial charge is 0.340 e. The molecule has 0 radical (unpaired) electrons. The van der Waals surface area contributed by atoms with Gasteiger partial charge in [0.25, 0.3) is 5.91 Å². The summed E-state index contributed by atoms with van der Waals surface area (Å²) >= 11 is 5.70. The predicted octanol–water partition coefficient (Wildman–Crippen LogP) is 4.21. The standard InChI is InChI=1S/C19H18ClF2NO5/c1-3-26-16-6-5-11(7-17(16)27-4-2)23-18(24)10-28-19(25)12-8-14(21)15(22)9-13(12)20/h5-9H,3-4,10H2,1-2H3,(H,23,24). The molecule has 0 unspecified atom stereocenters. The van der Waals surface area contributed by atoms with Gasteiger partial charge in [-0.25, -0.2) is 13.6 Å². The zero-order valence-corrected chi connectivity index (χ0v) is 15.9. The molecule has 0 spiro atoms. The van der Waals surface area contributed by atoms with Crippen LogP contribution in [0.1, 0.15) is 24.2 Å². The molecule has 0 bridgehead atoms. The SMILES string of the molecule is CCOc1ccc(NC(=O)COC(=O)c2cc(F)c(F)cc2Cl)cc1OCC. The number of carbonyl (C=O) groups is 2. The maximum Gasteiger partial charge on any atom is 0.340 e. The zero-order valence-electron chi connectivity index (χ0n) is 15.2. The molecule has 0 fully saturated rings. The summed E-state index contributed by atoms with van der Waals surface area (Å²) in [6, 6.07) is 6.07. The monoisotopic (exact) mass is 413 g/mol. The predicted molar refractivity (Wildman–Crippen MR) is 99.1 cm³/mol. The maximum absolute atomic E-state index is 13.3. The Bertz CT molecular complexity index is 876. The van der Waals surface area contributed by atoms with E-state index in [9.17, 15) is 18.4 Å². The second-order valence-corrected chi connectivity index (χ2v) is 5.81. The minimum absolute atomic E-state index is 0.322. The molecule has 1 N–H and O–H groups in total. The zero-order chi connectivity index (χ0) is 20.7. The van der Waals surface area contributed by atoms with Crippen LogP contribution in [0.25, 0.3) is 0 Å². The van der Waals surface area contributed by atoms with Crippen LogP contribution in [-0.2, 0) is 9.53 Å². The molecule has 0 aliphatic rings. The Labute approximate surface area is 165 Å². The number of halogens is 3. The van der Waals surface area contributed by atoms with Gasteiger partial charge in [0.15, 0.2) is 29.7 Å². The summed E-state index contributed by atoms with van der Waals surface area (Å²) in [5, 5.41) is 2.21. The fourth-order valence-electron chi connectivity index (χ4n) is 2.21. The van der Waals surface area contributed by atoms with Crippen LogP contribution in [0, 0.1) is 11.6 Å². The molecule has 6 nitrogen and oxygen atoms in total. The summed E-state index contributed by atoms with van der Waals surface area (Å²) in [5.74, 6) is -3.16. The average Bonchev–Trinajstić information content (AvgIpc) is 2.65. The highest BCUT2D eigenvalue weighted by atomic mass is 35.5. The molecule has 1 amide bonds. The van der Waals surface area contributed by atoms with Gasteiger partial charge in [-0.05, 0) is 38.1 Å². The van der Waals surface area contributed by atoms with Crippen LogP contribution in [0.5, 0.6) is 11.5 Å². The number of carbonyl (C=O) groups excluding carboxylic acids is 2. The van der Waals surface area contributed by atoms with Crippen molar-refractivity contribution in [2.45, 2.75) is 13.8 Å². The molecule has 9 heteroatoms. The fourth-order valence-corrected chi connectivity index (χ4v) is 2.44. The van der Waals surface area contributed by atoms with E-state index >= 15 is 0 Å². The van der Waals surface area contributed by atoms with Crippen LogP contribution in [0.2, 0.25) is 5.02 Å². The lowest BCUT2D eigenvalue weighted by Crippen LogP contribution is -2.21. The van der Waals surface area contributed by atoms with E-state index in [1.165, 1.54) is 0 Å². The van der Waals surface area contributed by atoms with Crippen molar-refractivity contribution in [1.29, 1.82) is 0 Å². The van der Waals surface area contributed by atoms with Crippen LogP contribution >= 0.6 is 11.6 Å². The fraction of sp³-hybridized carbons (Fsp3) is 0.263. The van der Waals surface area contributed by atoms with E-state index in [1.54, 1.807) is 18.2 Å². The van der Waals surface area contributed by atoms with Gasteiger partial charge < -0.3 is 19.5 Å². The number of nitrogens with one attached hydrogen (secondary N) is 1. The van der Waals surface area contributed by atoms with Crippen LogP contribution in [0.4, 0.5) is 14.5 Å². The first-order valence-corrected chi connectivity index (χ1v) is 8.74. The van der Waals surface area contributed by atoms with E-state index < -0.39 is 30.1 Å². The first-order valence-electron chi connectivity index (χ1n) is 8.36. The molecular weight excluding hydrogens is 396 g/mol. The summed E-state index contributed by atoms with van der Waals surface area (Å²) < 4.78 is 42.0. The molecule has 2 rings (SSSR count). The molecule has 2 aromatic rings. The van der Waals surface area contributed by atoms with E-state index in [0.29, 0.717) is 42.5 Å². The van der Waals surface area contributed by atoms with Gasteiger partial charge in [0.05, 0.1) is 23.8 Å². The van der Waals surface area contributed by atoms with Crippen molar-refractivity contribution in [1.82, 2.24) is 0 Å². The van der Waals surface area contributed by atoms with Crippen molar-refractivity contribution in [3.63, 3.8) is 0 Å². The minimum atomic E-state index is -1.25. The van der Waals surface area contributed by atoms with Gasteiger partial charge in [0.1, 0.15) is 0 Å². The van der Waals surface area contributed by atoms with E-state index in [1.807, 2.05) is 13.8 Å². The topological polar surface area (TPSA) is 73.9 Å². The lowest BCUT2D eigenvalue weighted by atomic mass is 10.2. The molecule has 0 saturated carbocycles. The first-order chi connectivity index (χ1) is 13.3. The number of hydrogen-bond donors (Lipinski definition) is 1. The number of benzene rings is 2. The molecule has 0 aliphatic carbocycles. The van der Waals surface area contributed by atoms with E-state index in [0.717, 1.165) is 0 Å². The van der Waals surface area contributed by atoms with Gasteiger partial charge in [-0.3, -0.25) is 4.79 Å². The maximum atomic E-state index is 13.3. The summed E-state index contributed by atoms with van der Waals surface area (Å²) in [6.45, 7) is 3.85. The molecule has 2 aromatic carbocycles. The average molecular weight is 414 g/mol. The molecule has 150 valence electrons. The normalized spacial score (nSPS) is 10.3. The van der Waals surface area contributed by atoms with Crippen molar-refractivity contribution in [3.05, 3.63) is 52.6 Å². The van der Waals surface area contributed by atoms with Crippen LogP contribution in [-0.4, -0.2) is 31.7 Å². The van der Waals surface area contributed by atoms with Crippen molar-refractivity contribution in [2.75, 3.05) is 25.1 Å². The lowest BCUT2D eigenvalue weighted by Gasteiger charge is -2.13. The Kier molecular flexibility index (Phi) is 7.57. The van der Waals surface area contributed by atoms with Gasteiger partial charge in [-0.2, -0.15) is 0 Å². The Hall–Kier alpha value is -2.87. The molecule has 28 heavy (non-hydrogen) atoms. The van der Waals surface area contributed by atoms with Crippen molar-refractivity contribution in [2.24, 2.45) is 0 Å². The van der Waals surface area contributed by atoms with Crippen LogP contribution < -0.4 is 14.8 Å². The second kappa shape index (κ2) is 9.89. The molecule has 0 atom stereocenters. The highest BCUT2D eigenvalue weighted by Crippen LogP contribution is 2.30. The third kappa shape index (κ3) is 5.56. The van der Waals surface area contributed by atoms with E-state index in [2.05, 4.69) is 5.32 Å². The van der Waals surface area contributed by atoms with Crippen molar-refractivity contribution >= 4 is 29.2 Å². The Balaban J connectivity index is 1.99. The van der Waals surface area contributed by atoms with E-state index in [4.69, 9.17) is 25.8 Å². The second-order valence-electron chi connectivity index (χ2n) is 5.40. The Morgan fingerprint density at radius 3 is 2.32 bits per heavy atom. The summed E-state index contributed by atoms with van der Waals surface area (Å²) in [7, 11) is 0. The van der Waals surface area contributed by atoms with Gasteiger partial charge >= 0.3 is 5.97 Å². The number of hydrogen-bond acceptors (Lipinski definition) is 5. The summed E-state index contributed by atoms with van der Waals surface area (Å²) in [4.78, 5) is 23.9. The van der Waals surface area contributed by atoms with E-state index in [-0.39, 0.29) is 10.6 Å². The minimum Gasteiger partial charge on any atom is -0.490 e. The lowest BCUT2D eigenvalue weighted by molar-refractivity contribution is -0.119. The highest BCUT2D eigenvalue weighted by molar-refractivity contribution is 6.33. The van der Waals surface area contributed by atoms with Gasteiger partial charge in [0, 0.05) is 11.8 Å². The van der Waals surface area contributed by atoms with Gasteiger partial charge in [0.2, 0.25) is 0 Å².